The summed E-state index contributed by atoms with van der Waals surface area (Å²) < 4.78 is 30.5. The molecule has 0 N–H and O–H groups in total. The van der Waals surface area contributed by atoms with Gasteiger partial charge in [-0.1, -0.05) is 10.5 Å². The van der Waals surface area contributed by atoms with Gasteiger partial charge >= 0.3 is 5.97 Å². The second kappa shape index (κ2) is 9.29. The van der Waals surface area contributed by atoms with Crippen molar-refractivity contribution in [2.45, 2.75) is 31.1 Å². The molecule has 1 saturated carbocycles. The minimum Gasteiger partial charge on any atom is -0.466 e. The molecule has 1 fully saturated rings. The monoisotopic (exact) mass is 398 g/mol. The molecule has 8 nitrogen and oxygen atoms in total. The Kier molecular flexibility index (Phi) is 7.34. The molecule has 2 rings (SSSR count). The van der Waals surface area contributed by atoms with Gasteiger partial charge in [-0.15, -0.1) is 0 Å². The molecule has 0 aromatic heterocycles. The molecule has 1 aliphatic carbocycles. The van der Waals surface area contributed by atoms with Crippen LogP contribution in [-0.2, 0) is 24.4 Å². The van der Waals surface area contributed by atoms with Gasteiger partial charge in [-0.25, -0.2) is 8.42 Å². The first-order valence-corrected chi connectivity index (χ1v) is 10.3. The highest BCUT2D eigenvalue weighted by Crippen LogP contribution is 2.30. The number of esters is 1. The van der Waals surface area contributed by atoms with E-state index in [2.05, 4.69) is 0 Å². The largest absolute Gasteiger partial charge is 0.466 e. The van der Waals surface area contributed by atoms with Crippen LogP contribution in [0.15, 0.2) is 29.2 Å². The van der Waals surface area contributed by atoms with E-state index in [1.54, 1.807) is 17.9 Å². The fourth-order valence-corrected chi connectivity index (χ4v) is 3.59. The molecule has 150 valence electrons. The molecule has 0 bridgehead atoms. The quantitative estimate of drug-likeness (QED) is 0.440. The maximum absolute atomic E-state index is 12.9. The van der Waals surface area contributed by atoms with Crippen LogP contribution in [0.25, 0.3) is 0 Å². The number of sulfonamides is 1. The molecule has 0 unspecified atom stereocenters. The Morgan fingerprint density at radius 1 is 1.26 bits per heavy atom. The number of carbonyl (C=O) groups is 2. The van der Waals surface area contributed by atoms with Gasteiger partial charge in [0, 0.05) is 25.7 Å². The van der Waals surface area contributed by atoms with Crippen LogP contribution in [0.2, 0.25) is 0 Å². The zero-order valence-electron chi connectivity index (χ0n) is 15.9. The van der Waals surface area contributed by atoms with E-state index in [0.29, 0.717) is 19.1 Å². The molecule has 27 heavy (non-hydrogen) atoms. The van der Waals surface area contributed by atoms with E-state index in [1.165, 1.54) is 32.4 Å². The van der Waals surface area contributed by atoms with Gasteiger partial charge in [0.15, 0.2) is 0 Å². The topological polar surface area (TPSA) is 93.2 Å². The summed E-state index contributed by atoms with van der Waals surface area (Å²) in [4.78, 5) is 30.9. The Labute approximate surface area is 160 Å². The van der Waals surface area contributed by atoms with Crippen molar-refractivity contribution in [2.75, 3.05) is 33.9 Å². The number of nitrogens with zero attached hydrogens (tertiary/aromatic N) is 2. The van der Waals surface area contributed by atoms with Crippen LogP contribution in [0.4, 0.5) is 0 Å². The summed E-state index contributed by atoms with van der Waals surface area (Å²) in [6.07, 6.45) is 2.21. The molecule has 1 aromatic carbocycles. The lowest BCUT2D eigenvalue weighted by Gasteiger charge is -2.23. The van der Waals surface area contributed by atoms with Crippen LogP contribution in [0, 0.1) is 5.92 Å². The second-order valence-corrected chi connectivity index (χ2v) is 8.31. The summed E-state index contributed by atoms with van der Waals surface area (Å²) in [5.74, 6) is -0.227. The summed E-state index contributed by atoms with van der Waals surface area (Å²) in [6.45, 7) is 2.81. The summed E-state index contributed by atoms with van der Waals surface area (Å²) in [5, 5.41) is 0. The summed E-state index contributed by atoms with van der Waals surface area (Å²) in [6, 6.07) is 5.83. The summed E-state index contributed by atoms with van der Waals surface area (Å²) in [5.41, 5.74) is 0.255. The van der Waals surface area contributed by atoms with Crippen LogP contribution in [0.5, 0.6) is 0 Å². The Bertz CT molecular complexity index is 776. The highest BCUT2D eigenvalue weighted by molar-refractivity contribution is 7.89. The number of rotatable bonds is 10. The molecule has 9 heteroatoms. The normalized spacial score (nSPS) is 14.2. The maximum Gasteiger partial charge on any atom is 0.307 e. The molecule has 0 radical (unpaired) electrons. The highest BCUT2D eigenvalue weighted by Gasteiger charge is 2.29. The molecule has 1 aromatic rings. The van der Waals surface area contributed by atoms with Crippen molar-refractivity contribution >= 4 is 21.9 Å². The van der Waals surface area contributed by atoms with Crippen molar-refractivity contribution in [3.63, 3.8) is 0 Å². The highest BCUT2D eigenvalue weighted by atomic mass is 32.2. The van der Waals surface area contributed by atoms with Gasteiger partial charge in [0.25, 0.3) is 15.9 Å². The number of amides is 1. The van der Waals surface area contributed by atoms with Gasteiger partial charge in [-0.3, -0.25) is 14.4 Å². The third-order valence-electron chi connectivity index (χ3n) is 4.33. The van der Waals surface area contributed by atoms with E-state index in [0.717, 1.165) is 17.3 Å². The SMILES string of the molecule is CCOC(=O)CCN(CC1CC1)C(=O)c1cccc(S(=O)(=O)N(C)OC)c1. The van der Waals surface area contributed by atoms with Gasteiger partial charge < -0.3 is 9.64 Å². The van der Waals surface area contributed by atoms with Crippen LogP contribution in [0.1, 0.15) is 36.5 Å². The average molecular weight is 398 g/mol. The van der Waals surface area contributed by atoms with Crippen molar-refractivity contribution in [1.29, 1.82) is 0 Å². The standard InChI is InChI=1S/C18H26N2O6S/c1-4-26-17(21)10-11-20(13-14-8-9-14)18(22)15-6-5-7-16(12-15)27(23,24)19(2)25-3/h5-7,12,14H,4,8-11,13H2,1-3H3. The zero-order valence-corrected chi connectivity index (χ0v) is 16.7. The Balaban J connectivity index is 2.19. The number of hydroxylamine groups is 1. The lowest BCUT2D eigenvalue weighted by atomic mass is 10.2. The molecule has 0 saturated heterocycles. The molecule has 0 atom stereocenters. The predicted molar refractivity (Wildman–Crippen MR) is 98.3 cm³/mol. The van der Waals surface area contributed by atoms with Gasteiger partial charge in [0.1, 0.15) is 0 Å². The van der Waals surface area contributed by atoms with E-state index in [4.69, 9.17) is 9.57 Å². The third-order valence-corrected chi connectivity index (χ3v) is 6.00. The Morgan fingerprint density at radius 3 is 2.56 bits per heavy atom. The zero-order chi connectivity index (χ0) is 20.0. The average Bonchev–Trinajstić information content (AvgIpc) is 3.48. The van der Waals surface area contributed by atoms with Crippen molar-refractivity contribution in [3.05, 3.63) is 29.8 Å². The summed E-state index contributed by atoms with van der Waals surface area (Å²) >= 11 is 0. The number of benzene rings is 1. The molecule has 0 aliphatic heterocycles. The van der Waals surface area contributed by atoms with E-state index < -0.39 is 10.0 Å². The molecule has 1 amide bonds. The Hall–Kier alpha value is -1.97. The van der Waals surface area contributed by atoms with E-state index in [1.807, 2.05) is 0 Å². The smallest absolute Gasteiger partial charge is 0.307 e. The van der Waals surface area contributed by atoms with Crippen molar-refractivity contribution in [3.8, 4) is 0 Å². The van der Waals surface area contributed by atoms with Crippen LogP contribution >= 0.6 is 0 Å². The first kappa shape index (κ1) is 21.3. The van der Waals surface area contributed by atoms with Crippen LogP contribution < -0.4 is 0 Å². The molecular weight excluding hydrogens is 372 g/mol. The van der Waals surface area contributed by atoms with Gasteiger partial charge in [-0.2, -0.15) is 0 Å². The van der Waals surface area contributed by atoms with Crippen LogP contribution in [-0.4, -0.2) is 63.5 Å². The minimum atomic E-state index is -3.85. The maximum atomic E-state index is 12.9. The lowest BCUT2D eigenvalue weighted by molar-refractivity contribution is -0.143. The molecular formula is C18H26N2O6S. The molecule has 0 heterocycles. The van der Waals surface area contributed by atoms with Crippen LogP contribution in [0.3, 0.4) is 0 Å². The first-order chi connectivity index (χ1) is 12.8. The first-order valence-electron chi connectivity index (χ1n) is 8.87. The van der Waals surface area contributed by atoms with E-state index >= 15 is 0 Å². The second-order valence-electron chi connectivity index (χ2n) is 6.37. The number of carbonyl (C=O) groups excluding carboxylic acids is 2. The number of ether oxygens (including phenoxy) is 1. The summed E-state index contributed by atoms with van der Waals surface area (Å²) in [7, 11) is -1.32. The van der Waals surface area contributed by atoms with Gasteiger partial charge in [0.05, 0.1) is 25.0 Å². The molecule has 1 aliphatic rings. The predicted octanol–water partition coefficient (Wildman–Crippen LogP) is 1.67. The van der Waals surface area contributed by atoms with E-state index in [9.17, 15) is 18.0 Å². The Morgan fingerprint density at radius 2 is 1.96 bits per heavy atom. The van der Waals surface area contributed by atoms with E-state index in [-0.39, 0.29) is 35.3 Å². The fourth-order valence-electron chi connectivity index (χ4n) is 2.57. The fraction of sp³-hybridized carbons (Fsp3) is 0.556. The number of hydrogen-bond acceptors (Lipinski definition) is 6. The van der Waals surface area contributed by atoms with Crippen molar-refractivity contribution in [1.82, 2.24) is 9.37 Å². The minimum absolute atomic E-state index is 0.0329. The third kappa shape index (κ3) is 5.75. The lowest BCUT2D eigenvalue weighted by Crippen LogP contribution is -2.35. The van der Waals surface area contributed by atoms with Crippen molar-refractivity contribution in [2.24, 2.45) is 5.92 Å². The van der Waals surface area contributed by atoms with Crippen molar-refractivity contribution < 1.29 is 27.6 Å². The number of hydrogen-bond donors (Lipinski definition) is 0. The van der Waals surface area contributed by atoms with Gasteiger partial charge in [0.2, 0.25) is 0 Å². The van der Waals surface area contributed by atoms with Gasteiger partial charge in [-0.05, 0) is 43.9 Å². The molecule has 0 spiro atoms.